The number of rotatable bonds is 3. The van der Waals surface area contributed by atoms with Crippen LogP contribution in [0.4, 0.5) is 11.8 Å². The van der Waals surface area contributed by atoms with Gasteiger partial charge in [-0.2, -0.15) is 4.98 Å². The van der Waals surface area contributed by atoms with Crippen molar-refractivity contribution in [1.82, 2.24) is 9.97 Å². The summed E-state index contributed by atoms with van der Waals surface area (Å²) in [5.41, 5.74) is 1.05. The SMILES string of the molecule is CCNc1ncc(C)c(N2CCC(O)C2)n1. The van der Waals surface area contributed by atoms with E-state index in [9.17, 15) is 5.11 Å². The zero-order valence-electron chi connectivity index (χ0n) is 9.77. The average Bonchev–Trinajstić information content (AvgIpc) is 2.68. The maximum absolute atomic E-state index is 9.52. The number of aromatic nitrogens is 2. The molecule has 1 saturated heterocycles. The number of aryl methyl sites for hydroxylation is 1. The van der Waals surface area contributed by atoms with Crippen molar-refractivity contribution in [2.24, 2.45) is 0 Å². The zero-order valence-corrected chi connectivity index (χ0v) is 9.77. The molecule has 0 spiro atoms. The standard InChI is InChI=1S/C11H18N4O/c1-3-12-11-13-6-8(2)10(14-11)15-5-4-9(16)7-15/h6,9,16H,3-5,7H2,1-2H3,(H,12,13,14). The van der Waals surface area contributed by atoms with Crippen molar-refractivity contribution in [3.63, 3.8) is 0 Å². The molecule has 0 aliphatic carbocycles. The summed E-state index contributed by atoms with van der Waals surface area (Å²) in [6, 6.07) is 0. The topological polar surface area (TPSA) is 61.3 Å². The van der Waals surface area contributed by atoms with Crippen LogP contribution in [0.15, 0.2) is 6.20 Å². The molecule has 2 N–H and O–H groups in total. The fourth-order valence-corrected chi connectivity index (χ4v) is 1.93. The number of nitrogens with one attached hydrogen (secondary N) is 1. The number of nitrogens with zero attached hydrogens (tertiary/aromatic N) is 3. The highest BCUT2D eigenvalue weighted by molar-refractivity contribution is 5.49. The summed E-state index contributed by atoms with van der Waals surface area (Å²) in [6.45, 7) is 6.36. The largest absolute Gasteiger partial charge is 0.391 e. The first-order valence-corrected chi connectivity index (χ1v) is 5.71. The van der Waals surface area contributed by atoms with E-state index >= 15 is 0 Å². The molecule has 16 heavy (non-hydrogen) atoms. The van der Waals surface area contributed by atoms with Crippen molar-refractivity contribution < 1.29 is 5.11 Å². The van der Waals surface area contributed by atoms with Crippen molar-refractivity contribution in [2.75, 3.05) is 29.9 Å². The molecule has 1 fully saturated rings. The van der Waals surface area contributed by atoms with Gasteiger partial charge in [-0.05, 0) is 20.3 Å². The molecule has 0 bridgehead atoms. The van der Waals surface area contributed by atoms with Gasteiger partial charge in [0.2, 0.25) is 5.95 Å². The van der Waals surface area contributed by atoms with Crippen LogP contribution in [0.1, 0.15) is 18.9 Å². The molecule has 1 aliphatic rings. The zero-order chi connectivity index (χ0) is 11.5. The van der Waals surface area contributed by atoms with E-state index in [0.29, 0.717) is 12.5 Å². The lowest BCUT2D eigenvalue weighted by Crippen LogP contribution is -2.23. The Balaban J connectivity index is 2.21. The second kappa shape index (κ2) is 4.65. The third-order valence-corrected chi connectivity index (χ3v) is 2.74. The minimum atomic E-state index is -0.225. The van der Waals surface area contributed by atoms with Crippen LogP contribution in [0, 0.1) is 6.92 Å². The summed E-state index contributed by atoms with van der Waals surface area (Å²) >= 11 is 0. The first kappa shape index (κ1) is 11.1. The average molecular weight is 222 g/mol. The van der Waals surface area contributed by atoms with Gasteiger partial charge in [0.1, 0.15) is 5.82 Å². The minimum Gasteiger partial charge on any atom is -0.391 e. The fourth-order valence-electron chi connectivity index (χ4n) is 1.93. The Bertz CT molecular complexity index is 369. The second-order valence-electron chi connectivity index (χ2n) is 4.12. The van der Waals surface area contributed by atoms with Gasteiger partial charge < -0.3 is 15.3 Å². The highest BCUT2D eigenvalue weighted by Crippen LogP contribution is 2.22. The molecule has 1 atom stereocenters. The molecule has 5 nitrogen and oxygen atoms in total. The van der Waals surface area contributed by atoms with Crippen LogP contribution in [0.3, 0.4) is 0 Å². The van der Waals surface area contributed by atoms with Gasteiger partial charge in [0.05, 0.1) is 6.10 Å². The molecule has 88 valence electrons. The van der Waals surface area contributed by atoms with Crippen molar-refractivity contribution in [1.29, 1.82) is 0 Å². The predicted octanol–water partition coefficient (Wildman–Crippen LogP) is 0.788. The van der Waals surface area contributed by atoms with Gasteiger partial charge in [-0.25, -0.2) is 4.98 Å². The normalized spacial score (nSPS) is 20.2. The molecule has 5 heteroatoms. The third kappa shape index (κ3) is 2.24. The Morgan fingerprint density at radius 1 is 1.62 bits per heavy atom. The number of hydrogen-bond donors (Lipinski definition) is 2. The lowest BCUT2D eigenvalue weighted by atomic mass is 10.3. The summed E-state index contributed by atoms with van der Waals surface area (Å²) in [5, 5.41) is 12.6. The Hall–Kier alpha value is -1.36. The summed E-state index contributed by atoms with van der Waals surface area (Å²) < 4.78 is 0. The number of β-amino-alcohol motifs (C(OH)–C–C–N with tert-alkyl or cyclic N) is 1. The first-order chi connectivity index (χ1) is 7.70. The third-order valence-electron chi connectivity index (χ3n) is 2.74. The first-order valence-electron chi connectivity index (χ1n) is 5.71. The summed E-state index contributed by atoms with van der Waals surface area (Å²) in [5.74, 6) is 1.59. The summed E-state index contributed by atoms with van der Waals surface area (Å²) in [7, 11) is 0. The molecule has 1 unspecified atom stereocenters. The Morgan fingerprint density at radius 3 is 3.06 bits per heavy atom. The van der Waals surface area contributed by atoms with Crippen LogP contribution < -0.4 is 10.2 Å². The van der Waals surface area contributed by atoms with Crippen molar-refractivity contribution >= 4 is 11.8 Å². The molecular formula is C11H18N4O. The van der Waals surface area contributed by atoms with E-state index in [2.05, 4.69) is 20.2 Å². The lowest BCUT2D eigenvalue weighted by Gasteiger charge is -2.19. The molecule has 0 amide bonds. The van der Waals surface area contributed by atoms with Gasteiger partial charge in [0, 0.05) is 31.4 Å². The number of anilines is 2. The van der Waals surface area contributed by atoms with Crippen LogP contribution in [-0.2, 0) is 0 Å². The van der Waals surface area contributed by atoms with E-state index in [1.807, 2.05) is 20.0 Å². The molecule has 1 aromatic rings. The van der Waals surface area contributed by atoms with E-state index in [-0.39, 0.29) is 6.10 Å². The molecule has 2 rings (SSSR count). The second-order valence-corrected chi connectivity index (χ2v) is 4.12. The van der Waals surface area contributed by atoms with Crippen LogP contribution in [0.2, 0.25) is 0 Å². The quantitative estimate of drug-likeness (QED) is 0.791. The van der Waals surface area contributed by atoms with Crippen LogP contribution >= 0.6 is 0 Å². The minimum absolute atomic E-state index is 0.225. The Labute approximate surface area is 95.5 Å². The molecule has 2 heterocycles. The van der Waals surface area contributed by atoms with Gasteiger partial charge >= 0.3 is 0 Å². The van der Waals surface area contributed by atoms with Crippen molar-refractivity contribution in [3.8, 4) is 0 Å². The molecule has 0 saturated carbocycles. The monoisotopic (exact) mass is 222 g/mol. The molecule has 0 aromatic carbocycles. The molecule has 0 radical (unpaired) electrons. The predicted molar refractivity (Wildman–Crippen MR) is 63.8 cm³/mol. The smallest absolute Gasteiger partial charge is 0.224 e. The summed E-state index contributed by atoms with van der Waals surface area (Å²) in [4.78, 5) is 10.8. The molecular weight excluding hydrogens is 204 g/mol. The number of aliphatic hydroxyl groups is 1. The Kier molecular flexibility index (Phi) is 3.24. The highest BCUT2D eigenvalue weighted by Gasteiger charge is 2.22. The lowest BCUT2D eigenvalue weighted by molar-refractivity contribution is 0.198. The van der Waals surface area contributed by atoms with E-state index in [0.717, 1.165) is 30.9 Å². The highest BCUT2D eigenvalue weighted by atomic mass is 16.3. The maximum Gasteiger partial charge on any atom is 0.224 e. The van der Waals surface area contributed by atoms with Crippen molar-refractivity contribution in [2.45, 2.75) is 26.4 Å². The van der Waals surface area contributed by atoms with Gasteiger partial charge in [0.25, 0.3) is 0 Å². The fraction of sp³-hybridized carbons (Fsp3) is 0.636. The van der Waals surface area contributed by atoms with Crippen LogP contribution in [-0.4, -0.2) is 40.8 Å². The number of hydrogen-bond acceptors (Lipinski definition) is 5. The number of aliphatic hydroxyl groups excluding tert-OH is 1. The van der Waals surface area contributed by atoms with Crippen LogP contribution in [0.5, 0.6) is 0 Å². The molecule has 1 aliphatic heterocycles. The van der Waals surface area contributed by atoms with Crippen molar-refractivity contribution in [3.05, 3.63) is 11.8 Å². The van der Waals surface area contributed by atoms with E-state index in [1.165, 1.54) is 0 Å². The van der Waals surface area contributed by atoms with Gasteiger partial charge in [-0.15, -0.1) is 0 Å². The maximum atomic E-state index is 9.52. The van der Waals surface area contributed by atoms with Gasteiger partial charge in [0.15, 0.2) is 0 Å². The van der Waals surface area contributed by atoms with E-state index in [4.69, 9.17) is 0 Å². The van der Waals surface area contributed by atoms with E-state index in [1.54, 1.807) is 0 Å². The van der Waals surface area contributed by atoms with Crippen LogP contribution in [0.25, 0.3) is 0 Å². The Morgan fingerprint density at radius 2 is 2.44 bits per heavy atom. The van der Waals surface area contributed by atoms with E-state index < -0.39 is 0 Å². The van der Waals surface area contributed by atoms with Gasteiger partial charge in [-0.3, -0.25) is 0 Å². The molecule has 1 aromatic heterocycles. The van der Waals surface area contributed by atoms with Gasteiger partial charge in [-0.1, -0.05) is 0 Å². The summed E-state index contributed by atoms with van der Waals surface area (Å²) in [6.07, 6.45) is 2.42.